The van der Waals surface area contributed by atoms with Crippen LogP contribution in [0.4, 0.5) is 0 Å². The van der Waals surface area contributed by atoms with Crippen LogP contribution in [0.5, 0.6) is 0 Å². The second-order valence-electron chi connectivity index (χ2n) is 4.73. The summed E-state index contributed by atoms with van der Waals surface area (Å²) >= 11 is 5.88. The van der Waals surface area contributed by atoms with Gasteiger partial charge in [-0.1, -0.05) is 6.07 Å². The first-order valence-corrected chi connectivity index (χ1v) is 7.09. The van der Waals surface area contributed by atoms with Gasteiger partial charge in [0.2, 0.25) is 0 Å². The lowest BCUT2D eigenvalue weighted by atomic mass is 10.3. The maximum Gasteiger partial charge on any atom is 0.160 e. The fraction of sp³-hybridized carbons (Fsp3) is 0.267. The third-order valence-corrected chi connectivity index (χ3v) is 3.35. The highest BCUT2D eigenvalue weighted by atomic mass is 35.5. The zero-order valence-electron chi connectivity index (χ0n) is 11.3. The summed E-state index contributed by atoms with van der Waals surface area (Å²) in [6.07, 6.45) is 4.39. The van der Waals surface area contributed by atoms with Gasteiger partial charge in [-0.15, -0.1) is 11.6 Å². The van der Waals surface area contributed by atoms with Gasteiger partial charge in [0.05, 0.1) is 12.2 Å². The van der Waals surface area contributed by atoms with Crippen LogP contribution in [-0.4, -0.2) is 25.4 Å². The molecule has 0 amide bonds. The highest BCUT2D eigenvalue weighted by Crippen LogP contribution is 2.17. The average Bonchev–Trinajstić information content (AvgIpc) is 2.77. The van der Waals surface area contributed by atoms with E-state index in [2.05, 4.69) is 25.6 Å². The minimum absolute atomic E-state index is 0.546. The van der Waals surface area contributed by atoms with Gasteiger partial charge in [-0.05, 0) is 30.7 Å². The number of nitrogens with zero attached hydrogens (tertiary/aromatic N) is 4. The molecule has 0 saturated carbocycles. The molecule has 0 radical (unpaired) electrons. The Labute approximate surface area is 122 Å². The van der Waals surface area contributed by atoms with Gasteiger partial charge in [0.15, 0.2) is 5.65 Å². The number of pyridine rings is 2. The van der Waals surface area contributed by atoms with Crippen LogP contribution in [-0.2, 0) is 13.0 Å². The van der Waals surface area contributed by atoms with Gasteiger partial charge in [0, 0.05) is 24.7 Å². The molecule has 0 aliphatic rings. The SMILES string of the molecule is Cc1cnc2c(c1)nc(CCCl)n2Cc1ccccn1. The van der Waals surface area contributed by atoms with Crippen LogP contribution < -0.4 is 0 Å². The quantitative estimate of drug-likeness (QED) is 0.693. The van der Waals surface area contributed by atoms with Crippen LogP contribution in [0.2, 0.25) is 0 Å². The van der Waals surface area contributed by atoms with E-state index in [1.807, 2.05) is 31.3 Å². The normalized spacial score (nSPS) is 11.1. The van der Waals surface area contributed by atoms with Crippen LogP contribution >= 0.6 is 11.6 Å². The summed E-state index contributed by atoms with van der Waals surface area (Å²) in [5.74, 6) is 1.50. The molecule has 20 heavy (non-hydrogen) atoms. The van der Waals surface area contributed by atoms with Gasteiger partial charge >= 0.3 is 0 Å². The lowest BCUT2D eigenvalue weighted by molar-refractivity contribution is 0.731. The van der Waals surface area contributed by atoms with Crippen LogP contribution in [0.15, 0.2) is 36.7 Å². The number of imidazole rings is 1. The van der Waals surface area contributed by atoms with Crippen molar-refractivity contribution in [2.75, 3.05) is 5.88 Å². The molecular formula is C15H15ClN4. The second kappa shape index (κ2) is 5.59. The zero-order chi connectivity index (χ0) is 13.9. The number of rotatable bonds is 4. The van der Waals surface area contributed by atoms with Crippen LogP contribution in [0.3, 0.4) is 0 Å². The van der Waals surface area contributed by atoms with Crippen molar-refractivity contribution >= 4 is 22.8 Å². The minimum Gasteiger partial charge on any atom is -0.307 e. The number of aromatic nitrogens is 4. The van der Waals surface area contributed by atoms with Crippen LogP contribution in [0.25, 0.3) is 11.2 Å². The molecule has 0 atom stereocenters. The molecule has 102 valence electrons. The van der Waals surface area contributed by atoms with Crippen molar-refractivity contribution in [3.8, 4) is 0 Å². The summed E-state index contributed by atoms with van der Waals surface area (Å²) in [5, 5.41) is 0. The predicted octanol–water partition coefficient (Wildman–Crippen LogP) is 2.96. The summed E-state index contributed by atoms with van der Waals surface area (Å²) < 4.78 is 2.10. The molecule has 4 nitrogen and oxygen atoms in total. The van der Waals surface area contributed by atoms with E-state index in [9.17, 15) is 0 Å². The monoisotopic (exact) mass is 286 g/mol. The molecule has 0 unspecified atom stereocenters. The predicted molar refractivity (Wildman–Crippen MR) is 80.0 cm³/mol. The Bertz CT molecular complexity index is 721. The summed E-state index contributed by atoms with van der Waals surface area (Å²) in [7, 11) is 0. The van der Waals surface area contributed by atoms with Crippen LogP contribution in [0.1, 0.15) is 17.1 Å². The molecule has 3 heterocycles. The summed E-state index contributed by atoms with van der Waals surface area (Å²) in [4.78, 5) is 13.5. The average molecular weight is 287 g/mol. The van der Waals surface area contributed by atoms with E-state index >= 15 is 0 Å². The number of fused-ring (bicyclic) bond motifs is 1. The molecule has 3 rings (SSSR count). The first-order valence-electron chi connectivity index (χ1n) is 6.55. The third kappa shape index (κ3) is 2.51. The molecule has 3 aromatic rings. The zero-order valence-corrected chi connectivity index (χ0v) is 12.0. The number of aryl methyl sites for hydroxylation is 2. The first-order chi connectivity index (χ1) is 9.78. The van der Waals surface area contributed by atoms with Crippen molar-refractivity contribution in [2.45, 2.75) is 19.9 Å². The molecule has 0 aliphatic heterocycles. The number of alkyl halides is 1. The molecule has 0 bridgehead atoms. The van der Waals surface area contributed by atoms with E-state index < -0.39 is 0 Å². The van der Waals surface area contributed by atoms with Crippen molar-refractivity contribution in [3.05, 3.63) is 53.7 Å². The Morgan fingerprint density at radius 2 is 2.15 bits per heavy atom. The van der Waals surface area contributed by atoms with Gasteiger partial charge in [-0.3, -0.25) is 4.98 Å². The topological polar surface area (TPSA) is 43.6 Å². The van der Waals surface area contributed by atoms with E-state index in [-0.39, 0.29) is 0 Å². The van der Waals surface area contributed by atoms with Crippen LogP contribution in [0, 0.1) is 6.92 Å². The largest absolute Gasteiger partial charge is 0.307 e. The molecule has 0 aromatic carbocycles. The Morgan fingerprint density at radius 1 is 1.25 bits per heavy atom. The van der Waals surface area contributed by atoms with E-state index in [0.29, 0.717) is 12.4 Å². The standard InChI is InChI=1S/C15H15ClN4/c1-11-8-13-15(18-9-11)20(14(19-13)5-6-16)10-12-4-2-3-7-17-12/h2-4,7-9H,5-6,10H2,1H3. The molecule has 0 N–H and O–H groups in total. The Balaban J connectivity index is 2.09. The maximum atomic E-state index is 5.88. The fourth-order valence-electron chi connectivity index (χ4n) is 2.25. The Kier molecular flexibility index (Phi) is 3.65. The van der Waals surface area contributed by atoms with E-state index in [4.69, 9.17) is 11.6 Å². The summed E-state index contributed by atoms with van der Waals surface area (Å²) in [6, 6.07) is 7.95. The third-order valence-electron chi connectivity index (χ3n) is 3.17. The van der Waals surface area contributed by atoms with Gasteiger partial charge in [0.25, 0.3) is 0 Å². The van der Waals surface area contributed by atoms with Gasteiger partial charge in [-0.25, -0.2) is 9.97 Å². The minimum atomic E-state index is 0.546. The first kappa shape index (κ1) is 13.1. The van der Waals surface area contributed by atoms with E-state index in [1.54, 1.807) is 6.20 Å². The summed E-state index contributed by atoms with van der Waals surface area (Å²) in [6.45, 7) is 2.69. The number of hydrogen-bond acceptors (Lipinski definition) is 3. The Morgan fingerprint density at radius 3 is 2.90 bits per heavy atom. The van der Waals surface area contributed by atoms with Crippen molar-refractivity contribution in [1.29, 1.82) is 0 Å². The lowest BCUT2D eigenvalue weighted by Gasteiger charge is -2.07. The van der Waals surface area contributed by atoms with Gasteiger partial charge in [-0.2, -0.15) is 0 Å². The molecule has 0 spiro atoms. The van der Waals surface area contributed by atoms with E-state index in [1.165, 1.54) is 0 Å². The smallest absolute Gasteiger partial charge is 0.160 e. The van der Waals surface area contributed by atoms with Crippen molar-refractivity contribution < 1.29 is 0 Å². The summed E-state index contributed by atoms with van der Waals surface area (Å²) in [5.41, 5.74) is 3.91. The molecule has 5 heteroatoms. The molecular weight excluding hydrogens is 272 g/mol. The number of hydrogen-bond donors (Lipinski definition) is 0. The molecule has 0 fully saturated rings. The fourth-order valence-corrected chi connectivity index (χ4v) is 2.42. The Hall–Kier alpha value is -1.94. The lowest BCUT2D eigenvalue weighted by Crippen LogP contribution is -2.07. The molecule has 0 aliphatic carbocycles. The highest BCUT2D eigenvalue weighted by Gasteiger charge is 2.12. The van der Waals surface area contributed by atoms with Gasteiger partial charge < -0.3 is 4.57 Å². The highest BCUT2D eigenvalue weighted by molar-refractivity contribution is 6.17. The maximum absolute atomic E-state index is 5.88. The van der Waals surface area contributed by atoms with Crippen molar-refractivity contribution in [2.24, 2.45) is 0 Å². The van der Waals surface area contributed by atoms with E-state index in [0.717, 1.165) is 34.7 Å². The molecule has 0 saturated heterocycles. The number of halogens is 1. The van der Waals surface area contributed by atoms with Crippen molar-refractivity contribution in [1.82, 2.24) is 19.5 Å². The second-order valence-corrected chi connectivity index (χ2v) is 5.11. The van der Waals surface area contributed by atoms with Gasteiger partial charge in [0.1, 0.15) is 11.3 Å². The van der Waals surface area contributed by atoms with Crippen molar-refractivity contribution in [3.63, 3.8) is 0 Å². The molecule has 3 aromatic heterocycles.